The van der Waals surface area contributed by atoms with Crippen molar-refractivity contribution in [3.63, 3.8) is 0 Å². The van der Waals surface area contributed by atoms with E-state index in [1.165, 1.54) is 11.1 Å². The lowest BCUT2D eigenvalue weighted by molar-refractivity contribution is 0.130. The number of nitrogens with one attached hydrogen (secondary N) is 1. The maximum Gasteiger partial charge on any atom is 0.123 e. The Morgan fingerprint density at radius 3 is 2.68 bits per heavy atom. The van der Waals surface area contributed by atoms with E-state index >= 15 is 0 Å². The first kappa shape index (κ1) is 16.0. The van der Waals surface area contributed by atoms with Crippen molar-refractivity contribution in [1.82, 2.24) is 5.32 Å². The Morgan fingerprint density at radius 2 is 2.00 bits per heavy atom. The summed E-state index contributed by atoms with van der Waals surface area (Å²) < 4.78 is 11.2. The first-order valence-electron chi connectivity index (χ1n) is 7.17. The van der Waals surface area contributed by atoms with Crippen molar-refractivity contribution in [3.8, 4) is 5.75 Å². The summed E-state index contributed by atoms with van der Waals surface area (Å²) in [6.07, 6.45) is 0.929. The average molecular weight is 265 g/mol. The molecule has 0 saturated carbocycles. The van der Waals surface area contributed by atoms with Crippen molar-refractivity contribution in [2.75, 3.05) is 19.8 Å². The van der Waals surface area contributed by atoms with Gasteiger partial charge in [-0.1, -0.05) is 31.5 Å². The molecule has 108 valence electrons. The molecule has 0 unspecified atom stereocenters. The minimum Gasteiger partial charge on any atom is -0.493 e. The maximum atomic E-state index is 5.85. The molecule has 0 fully saturated rings. The number of ether oxygens (including phenoxy) is 2. The van der Waals surface area contributed by atoms with Crippen LogP contribution in [0.5, 0.6) is 5.75 Å². The lowest BCUT2D eigenvalue weighted by Crippen LogP contribution is -2.22. The summed E-state index contributed by atoms with van der Waals surface area (Å²) in [7, 11) is 0. The number of benzene rings is 1. The normalized spacial score (nSPS) is 11.0. The molecule has 0 aliphatic carbocycles. The summed E-state index contributed by atoms with van der Waals surface area (Å²) in [5.74, 6) is 0.982. The van der Waals surface area contributed by atoms with Crippen LogP contribution in [-0.4, -0.2) is 25.9 Å². The lowest BCUT2D eigenvalue weighted by atomic mass is 10.1. The summed E-state index contributed by atoms with van der Waals surface area (Å²) in [6.45, 7) is 11.5. The summed E-state index contributed by atoms with van der Waals surface area (Å²) >= 11 is 0. The molecule has 0 aromatic heterocycles. The summed E-state index contributed by atoms with van der Waals surface area (Å²) in [4.78, 5) is 0. The van der Waals surface area contributed by atoms with Crippen molar-refractivity contribution < 1.29 is 9.47 Å². The maximum absolute atomic E-state index is 5.85. The van der Waals surface area contributed by atoms with Gasteiger partial charge in [0.2, 0.25) is 0 Å². The van der Waals surface area contributed by atoms with E-state index in [0.717, 1.165) is 31.9 Å². The zero-order chi connectivity index (χ0) is 14.1. The van der Waals surface area contributed by atoms with Crippen LogP contribution in [0.2, 0.25) is 0 Å². The van der Waals surface area contributed by atoms with E-state index in [-0.39, 0.29) is 0 Å². The number of hydrogen-bond acceptors (Lipinski definition) is 3. The molecule has 1 aromatic carbocycles. The van der Waals surface area contributed by atoms with Crippen molar-refractivity contribution in [1.29, 1.82) is 0 Å². The second kappa shape index (κ2) is 8.94. The molecule has 3 heteroatoms. The van der Waals surface area contributed by atoms with Crippen LogP contribution < -0.4 is 10.1 Å². The minimum atomic E-state index is 0.478. The molecule has 0 spiro atoms. The SMILES string of the molecule is CCOCCCOc1ccc(C)cc1CNC(C)C. The van der Waals surface area contributed by atoms with E-state index < -0.39 is 0 Å². The highest BCUT2D eigenvalue weighted by molar-refractivity contribution is 5.36. The summed E-state index contributed by atoms with van der Waals surface area (Å²) in [6, 6.07) is 6.82. The van der Waals surface area contributed by atoms with Crippen LogP contribution >= 0.6 is 0 Å². The Morgan fingerprint density at radius 1 is 1.21 bits per heavy atom. The van der Waals surface area contributed by atoms with E-state index in [2.05, 4.69) is 44.3 Å². The highest BCUT2D eigenvalue weighted by atomic mass is 16.5. The molecule has 0 aliphatic rings. The minimum absolute atomic E-state index is 0.478. The van der Waals surface area contributed by atoms with Gasteiger partial charge < -0.3 is 14.8 Å². The topological polar surface area (TPSA) is 30.5 Å². The fourth-order valence-electron chi connectivity index (χ4n) is 1.79. The monoisotopic (exact) mass is 265 g/mol. The van der Waals surface area contributed by atoms with Crippen LogP contribution in [-0.2, 0) is 11.3 Å². The van der Waals surface area contributed by atoms with Gasteiger partial charge in [0.15, 0.2) is 0 Å². The Labute approximate surface area is 117 Å². The molecule has 0 radical (unpaired) electrons. The molecule has 1 N–H and O–H groups in total. The summed E-state index contributed by atoms with van der Waals surface area (Å²) in [5.41, 5.74) is 2.49. The predicted molar refractivity (Wildman–Crippen MR) is 79.8 cm³/mol. The molecular weight excluding hydrogens is 238 g/mol. The Kier molecular flexibility index (Phi) is 7.53. The Balaban J connectivity index is 2.50. The number of aryl methyl sites for hydroxylation is 1. The molecule has 0 saturated heterocycles. The molecule has 0 amide bonds. The van der Waals surface area contributed by atoms with Crippen LogP contribution in [0.3, 0.4) is 0 Å². The largest absolute Gasteiger partial charge is 0.493 e. The molecule has 1 rings (SSSR count). The first-order valence-corrected chi connectivity index (χ1v) is 7.17. The quantitative estimate of drug-likeness (QED) is 0.695. The van der Waals surface area contributed by atoms with Gasteiger partial charge in [0.25, 0.3) is 0 Å². The van der Waals surface area contributed by atoms with Crippen LogP contribution in [0, 0.1) is 6.92 Å². The van der Waals surface area contributed by atoms with Crippen LogP contribution in [0.25, 0.3) is 0 Å². The van der Waals surface area contributed by atoms with Gasteiger partial charge in [-0.3, -0.25) is 0 Å². The second-order valence-corrected chi connectivity index (χ2v) is 5.05. The van der Waals surface area contributed by atoms with Crippen LogP contribution in [0.15, 0.2) is 18.2 Å². The van der Waals surface area contributed by atoms with Gasteiger partial charge in [0.05, 0.1) is 6.61 Å². The van der Waals surface area contributed by atoms with Gasteiger partial charge >= 0.3 is 0 Å². The zero-order valence-corrected chi connectivity index (χ0v) is 12.7. The van der Waals surface area contributed by atoms with Gasteiger partial charge in [0, 0.05) is 37.8 Å². The molecule has 0 atom stereocenters. The van der Waals surface area contributed by atoms with E-state index in [9.17, 15) is 0 Å². The molecule has 0 bridgehead atoms. The van der Waals surface area contributed by atoms with Gasteiger partial charge in [-0.15, -0.1) is 0 Å². The molecule has 0 heterocycles. The molecule has 3 nitrogen and oxygen atoms in total. The third kappa shape index (κ3) is 6.60. The molecule has 19 heavy (non-hydrogen) atoms. The number of hydrogen-bond donors (Lipinski definition) is 1. The highest BCUT2D eigenvalue weighted by Gasteiger charge is 2.05. The van der Waals surface area contributed by atoms with Crippen molar-refractivity contribution in [2.24, 2.45) is 0 Å². The van der Waals surface area contributed by atoms with Crippen LogP contribution in [0.4, 0.5) is 0 Å². The Bertz CT molecular complexity index is 364. The third-order valence-corrected chi connectivity index (χ3v) is 2.81. The van der Waals surface area contributed by atoms with E-state index in [0.29, 0.717) is 12.6 Å². The van der Waals surface area contributed by atoms with Gasteiger partial charge in [-0.2, -0.15) is 0 Å². The molecule has 1 aromatic rings. The Hall–Kier alpha value is -1.06. The van der Waals surface area contributed by atoms with E-state index in [1.807, 2.05) is 6.92 Å². The number of rotatable bonds is 9. The van der Waals surface area contributed by atoms with Crippen molar-refractivity contribution >= 4 is 0 Å². The van der Waals surface area contributed by atoms with Gasteiger partial charge in [-0.25, -0.2) is 0 Å². The molecular formula is C16H27NO2. The van der Waals surface area contributed by atoms with E-state index in [1.54, 1.807) is 0 Å². The van der Waals surface area contributed by atoms with Crippen molar-refractivity contribution in [3.05, 3.63) is 29.3 Å². The van der Waals surface area contributed by atoms with Gasteiger partial charge in [-0.05, 0) is 19.9 Å². The van der Waals surface area contributed by atoms with Crippen LogP contribution in [0.1, 0.15) is 38.3 Å². The summed E-state index contributed by atoms with van der Waals surface area (Å²) in [5, 5.41) is 3.44. The second-order valence-electron chi connectivity index (χ2n) is 5.05. The third-order valence-electron chi connectivity index (χ3n) is 2.81. The van der Waals surface area contributed by atoms with Gasteiger partial charge in [0.1, 0.15) is 5.75 Å². The standard InChI is InChI=1S/C16H27NO2/c1-5-18-9-6-10-19-16-8-7-14(4)11-15(16)12-17-13(2)3/h7-8,11,13,17H,5-6,9-10,12H2,1-4H3. The fourth-order valence-corrected chi connectivity index (χ4v) is 1.79. The smallest absolute Gasteiger partial charge is 0.123 e. The molecule has 0 aliphatic heterocycles. The fraction of sp³-hybridized carbons (Fsp3) is 0.625. The first-order chi connectivity index (χ1) is 9.13. The lowest BCUT2D eigenvalue weighted by Gasteiger charge is -2.14. The van der Waals surface area contributed by atoms with Crippen molar-refractivity contribution in [2.45, 2.75) is 46.7 Å². The predicted octanol–water partition coefficient (Wildman–Crippen LogP) is 3.30. The average Bonchev–Trinajstić information content (AvgIpc) is 2.38. The van der Waals surface area contributed by atoms with E-state index in [4.69, 9.17) is 9.47 Å². The highest BCUT2D eigenvalue weighted by Crippen LogP contribution is 2.20. The zero-order valence-electron chi connectivity index (χ0n) is 12.7.